The molecule has 2 unspecified atom stereocenters. The fraction of sp³-hybridized carbons (Fsp3) is 0.562. The third-order valence-electron chi connectivity index (χ3n) is 4.67. The fourth-order valence-electron chi connectivity index (χ4n) is 3.37. The van der Waals surface area contributed by atoms with Crippen molar-refractivity contribution in [3.05, 3.63) is 29.3 Å². The van der Waals surface area contributed by atoms with Gasteiger partial charge >= 0.3 is 5.97 Å². The molecule has 24 heavy (non-hydrogen) atoms. The van der Waals surface area contributed by atoms with Crippen LogP contribution >= 0.6 is 0 Å². The van der Waals surface area contributed by atoms with Gasteiger partial charge in [-0.2, -0.15) is 0 Å². The first-order valence-corrected chi connectivity index (χ1v) is 7.62. The zero-order chi connectivity index (χ0) is 17.6. The third-order valence-corrected chi connectivity index (χ3v) is 4.67. The van der Waals surface area contributed by atoms with Crippen molar-refractivity contribution in [3.8, 4) is 5.75 Å². The highest BCUT2D eigenvalue weighted by atomic mass is 16.6. The van der Waals surface area contributed by atoms with Crippen molar-refractivity contribution < 1.29 is 39.8 Å². The molecule has 6 atom stereocenters. The Kier molecular flexibility index (Phi) is 4.27. The minimum atomic E-state index is -1.55. The summed E-state index contributed by atoms with van der Waals surface area (Å²) in [5, 5.41) is 49.0. The number of phenols is 1. The van der Waals surface area contributed by atoms with Crippen LogP contribution in [0.1, 0.15) is 22.8 Å². The van der Waals surface area contributed by atoms with Crippen LogP contribution in [0.5, 0.6) is 5.75 Å². The first kappa shape index (κ1) is 17.1. The monoisotopic (exact) mass is 340 g/mol. The van der Waals surface area contributed by atoms with Crippen molar-refractivity contribution in [2.45, 2.75) is 49.5 Å². The van der Waals surface area contributed by atoms with Crippen LogP contribution in [0, 0.1) is 0 Å². The molecule has 0 aliphatic carbocycles. The number of aliphatic hydroxyl groups excluding tert-OH is 4. The van der Waals surface area contributed by atoms with E-state index >= 15 is 0 Å². The lowest BCUT2D eigenvalue weighted by Crippen LogP contribution is -2.66. The molecule has 1 aromatic carbocycles. The molecular formula is C16H20O8. The van der Waals surface area contributed by atoms with Crippen LogP contribution in [0.25, 0.3) is 0 Å². The van der Waals surface area contributed by atoms with E-state index in [0.717, 1.165) is 0 Å². The number of ether oxygens (including phenoxy) is 2. The Morgan fingerprint density at radius 3 is 2.58 bits per heavy atom. The quantitative estimate of drug-likeness (QED) is 0.419. The molecule has 0 amide bonds. The van der Waals surface area contributed by atoms with Crippen molar-refractivity contribution >= 4 is 5.97 Å². The lowest BCUT2D eigenvalue weighted by Gasteiger charge is -2.48. The van der Waals surface area contributed by atoms with E-state index in [4.69, 9.17) is 9.47 Å². The van der Waals surface area contributed by atoms with Gasteiger partial charge in [-0.3, -0.25) is 0 Å². The van der Waals surface area contributed by atoms with Gasteiger partial charge in [0, 0.05) is 6.42 Å². The van der Waals surface area contributed by atoms with Gasteiger partial charge < -0.3 is 35.0 Å². The van der Waals surface area contributed by atoms with Crippen LogP contribution in [-0.4, -0.2) is 74.2 Å². The Balaban J connectivity index is 1.94. The summed E-state index contributed by atoms with van der Waals surface area (Å²) in [6.07, 6.45) is -6.67. The van der Waals surface area contributed by atoms with E-state index in [1.807, 2.05) is 0 Å². The smallest absolute Gasteiger partial charge is 0.339 e. The molecule has 0 bridgehead atoms. The van der Waals surface area contributed by atoms with Crippen LogP contribution in [0.3, 0.4) is 0 Å². The van der Waals surface area contributed by atoms with Crippen molar-refractivity contribution in [1.82, 2.24) is 0 Å². The Morgan fingerprint density at radius 1 is 1.21 bits per heavy atom. The van der Waals surface area contributed by atoms with Gasteiger partial charge in [0.2, 0.25) is 0 Å². The van der Waals surface area contributed by atoms with Crippen LogP contribution in [0.15, 0.2) is 18.2 Å². The SMILES string of the molecule is CC1(C2O[C@H](CO)[C@@H](O)[C@H](O)[C@H]2O)Cc2cc(O)ccc2C(=O)O1. The zero-order valence-corrected chi connectivity index (χ0v) is 13.0. The van der Waals surface area contributed by atoms with Gasteiger partial charge in [-0.25, -0.2) is 4.79 Å². The molecule has 8 heteroatoms. The van der Waals surface area contributed by atoms with E-state index in [2.05, 4.69) is 0 Å². The van der Waals surface area contributed by atoms with Crippen molar-refractivity contribution in [1.29, 1.82) is 0 Å². The molecule has 132 valence electrons. The number of hydrogen-bond acceptors (Lipinski definition) is 8. The number of carbonyl (C=O) groups is 1. The first-order chi connectivity index (χ1) is 11.3. The highest BCUT2D eigenvalue weighted by Gasteiger charge is 2.54. The molecule has 2 aliphatic heterocycles. The van der Waals surface area contributed by atoms with E-state index in [-0.39, 0.29) is 12.2 Å². The standard InChI is InChI=1S/C16H20O8/c1-16(14-13(21)12(20)11(19)10(6-17)23-14)5-7-4-8(18)2-3-9(7)15(22)24-16/h2-4,10-14,17-21H,5-6H2,1H3/t10-,11-,12+,13-,14?,16?/m1/s1. The molecule has 5 N–H and O–H groups in total. The normalized spacial score (nSPS) is 39.2. The minimum Gasteiger partial charge on any atom is -0.508 e. The molecule has 0 radical (unpaired) electrons. The Labute approximate surface area is 137 Å². The highest BCUT2D eigenvalue weighted by Crippen LogP contribution is 2.38. The first-order valence-electron chi connectivity index (χ1n) is 7.62. The van der Waals surface area contributed by atoms with Gasteiger partial charge in [0.25, 0.3) is 0 Å². The lowest BCUT2D eigenvalue weighted by molar-refractivity contribution is -0.267. The summed E-state index contributed by atoms with van der Waals surface area (Å²) in [7, 11) is 0. The number of phenolic OH excluding ortho intramolecular Hbond substituents is 1. The largest absolute Gasteiger partial charge is 0.508 e. The van der Waals surface area contributed by atoms with Crippen LogP contribution in [0.4, 0.5) is 0 Å². The second-order valence-corrected chi connectivity index (χ2v) is 6.47. The minimum absolute atomic E-state index is 0.0143. The molecule has 2 aliphatic rings. The summed E-state index contributed by atoms with van der Waals surface area (Å²) < 4.78 is 11.0. The molecule has 0 aromatic heterocycles. The Bertz CT molecular complexity index is 645. The predicted octanol–water partition coefficient (Wildman–Crippen LogP) is -1.29. The molecular weight excluding hydrogens is 320 g/mol. The molecule has 0 saturated carbocycles. The highest BCUT2D eigenvalue weighted by molar-refractivity contribution is 5.92. The molecule has 3 rings (SSSR count). The number of benzene rings is 1. The second kappa shape index (κ2) is 5.98. The van der Waals surface area contributed by atoms with Gasteiger partial charge in [-0.15, -0.1) is 0 Å². The van der Waals surface area contributed by atoms with Gasteiger partial charge in [-0.1, -0.05) is 0 Å². The molecule has 2 heterocycles. The second-order valence-electron chi connectivity index (χ2n) is 6.47. The zero-order valence-electron chi connectivity index (χ0n) is 13.0. The number of aromatic hydroxyl groups is 1. The summed E-state index contributed by atoms with van der Waals surface area (Å²) in [5.41, 5.74) is -0.521. The summed E-state index contributed by atoms with van der Waals surface area (Å²) in [6.45, 7) is 0.966. The number of aliphatic hydroxyl groups is 4. The number of esters is 1. The van der Waals surface area contributed by atoms with E-state index < -0.39 is 48.7 Å². The van der Waals surface area contributed by atoms with Gasteiger partial charge in [0.1, 0.15) is 41.9 Å². The van der Waals surface area contributed by atoms with Crippen molar-refractivity contribution in [3.63, 3.8) is 0 Å². The van der Waals surface area contributed by atoms with Crippen molar-refractivity contribution in [2.24, 2.45) is 0 Å². The number of carbonyl (C=O) groups excluding carboxylic acids is 1. The summed E-state index contributed by atoms with van der Waals surface area (Å²) in [6, 6.07) is 4.24. The average Bonchev–Trinajstić information content (AvgIpc) is 2.52. The molecule has 8 nitrogen and oxygen atoms in total. The van der Waals surface area contributed by atoms with E-state index in [1.165, 1.54) is 25.1 Å². The molecule has 1 fully saturated rings. The van der Waals surface area contributed by atoms with Gasteiger partial charge in [-0.05, 0) is 30.7 Å². The maximum absolute atomic E-state index is 12.3. The Morgan fingerprint density at radius 2 is 1.92 bits per heavy atom. The molecule has 1 aromatic rings. The third kappa shape index (κ3) is 2.66. The molecule has 0 spiro atoms. The maximum atomic E-state index is 12.3. The van der Waals surface area contributed by atoms with Gasteiger partial charge in [0.15, 0.2) is 0 Å². The average molecular weight is 340 g/mol. The van der Waals surface area contributed by atoms with Crippen molar-refractivity contribution in [2.75, 3.05) is 6.61 Å². The van der Waals surface area contributed by atoms with Crippen LogP contribution in [0.2, 0.25) is 0 Å². The summed E-state index contributed by atoms with van der Waals surface area (Å²) in [4.78, 5) is 12.3. The lowest BCUT2D eigenvalue weighted by atomic mass is 9.80. The fourth-order valence-corrected chi connectivity index (χ4v) is 3.37. The Hall–Kier alpha value is -1.71. The number of cyclic esters (lactones) is 1. The number of rotatable bonds is 2. The number of hydrogen-bond donors (Lipinski definition) is 5. The van der Waals surface area contributed by atoms with Crippen LogP contribution < -0.4 is 0 Å². The van der Waals surface area contributed by atoms with Crippen LogP contribution in [-0.2, 0) is 15.9 Å². The molecule has 1 saturated heterocycles. The van der Waals surface area contributed by atoms with E-state index in [9.17, 15) is 30.3 Å². The summed E-state index contributed by atoms with van der Waals surface area (Å²) >= 11 is 0. The predicted molar refractivity (Wildman–Crippen MR) is 79.4 cm³/mol. The summed E-state index contributed by atoms with van der Waals surface area (Å²) in [5.74, 6) is -0.657. The van der Waals surface area contributed by atoms with E-state index in [0.29, 0.717) is 11.1 Å². The topological polar surface area (TPSA) is 137 Å². The van der Waals surface area contributed by atoms with E-state index in [1.54, 1.807) is 0 Å². The van der Waals surface area contributed by atoms with Gasteiger partial charge in [0.05, 0.1) is 12.2 Å². The number of fused-ring (bicyclic) bond motifs is 1. The maximum Gasteiger partial charge on any atom is 0.339 e.